The number of allylic oxidation sites excluding steroid dienone is 2. The number of fused-ring (bicyclic) bond motifs is 1. The Morgan fingerprint density at radius 2 is 1.94 bits per heavy atom. The Balaban J connectivity index is 1.87. The highest BCUT2D eigenvalue weighted by Gasteiger charge is 2.50. The van der Waals surface area contributed by atoms with Crippen LogP contribution in [0, 0.1) is 5.92 Å². The number of halogens is 1. The van der Waals surface area contributed by atoms with Crippen molar-refractivity contribution in [3.8, 4) is 0 Å². The van der Waals surface area contributed by atoms with Crippen molar-refractivity contribution < 1.29 is 23.2 Å². The molecule has 0 bridgehead atoms. The fourth-order valence-electron chi connectivity index (χ4n) is 5.29. The van der Waals surface area contributed by atoms with Gasteiger partial charge in [-0.25, -0.2) is 18.6 Å². The van der Waals surface area contributed by atoms with E-state index in [-0.39, 0.29) is 11.8 Å². The van der Waals surface area contributed by atoms with Crippen LogP contribution in [0.5, 0.6) is 0 Å². The van der Waals surface area contributed by atoms with E-state index in [9.17, 15) is 23.2 Å². The standard InChI is InChI=1S/C22H26ClN3O5S/c1-32(30,31)25-17-8-4-5-9-18(17)26-20(13-10-11-14(23)12-13)19(21(27)24-29)15-6-2-3-7-16(15)22(26)28/h2-3,6-7,10-13,17-20,25,29H,4-5,8-9H2,1H3,(H,24,27)/t13?,17-,18-,19+,20?/m0/s1. The Hall–Kier alpha value is -2.20. The van der Waals surface area contributed by atoms with Gasteiger partial charge in [-0.1, -0.05) is 54.8 Å². The maximum absolute atomic E-state index is 13.8. The second-order valence-corrected chi connectivity index (χ2v) is 10.8. The van der Waals surface area contributed by atoms with Crippen molar-refractivity contribution in [2.75, 3.05) is 6.26 Å². The molecule has 2 unspecified atom stereocenters. The van der Waals surface area contributed by atoms with E-state index in [0.717, 1.165) is 19.1 Å². The van der Waals surface area contributed by atoms with Crippen molar-refractivity contribution in [3.05, 3.63) is 58.7 Å². The summed E-state index contributed by atoms with van der Waals surface area (Å²) in [7, 11) is -3.51. The van der Waals surface area contributed by atoms with Gasteiger partial charge in [-0.05, 0) is 30.5 Å². The van der Waals surface area contributed by atoms with Crippen LogP contribution in [0.3, 0.4) is 0 Å². The lowest BCUT2D eigenvalue weighted by Gasteiger charge is -2.50. The number of carbonyl (C=O) groups excluding carboxylic acids is 2. The van der Waals surface area contributed by atoms with Crippen LogP contribution in [0.25, 0.3) is 0 Å². The number of rotatable bonds is 5. The zero-order valence-corrected chi connectivity index (χ0v) is 19.1. The minimum absolute atomic E-state index is 0.260. The van der Waals surface area contributed by atoms with Crippen molar-refractivity contribution in [1.82, 2.24) is 15.1 Å². The quantitative estimate of drug-likeness (QED) is 0.442. The number of carbonyl (C=O) groups is 2. The Labute approximate surface area is 192 Å². The molecule has 8 nitrogen and oxygen atoms in total. The molecular formula is C22H26ClN3O5S. The van der Waals surface area contributed by atoms with Crippen LogP contribution >= 0.6 is 11.6 Å². The first-order valence-electron chi connectivity index (χ1n) is 10.6. The van der Waals surface area contributed by atoms with Gasteiger partial charge < -0.3 is 4.90 Å². The number of hydrogen-bond acceptors (Lipinski definition) is 5. The molecular weight excluding hydrogens is 454 g/mol. The molecule has 172 valence electrons. The SMILES string of the molecule is CS(=O)(=O)N[C@H]1CCCC[C@@H]1N1C(=O)c2ccccc2[C@@H](C(=O)NO)C1C1C=CC(Cl)=C1. The zero-order chi connectivity index (χ0) is 23.0. The summed E-state index contributed by atoms with van der Waals surface area (Å²) in [6.07, 6.45) is 9.29. The molecule has 1 aromatic carbocycles. The molecule has 32 heavy (non-hydrogen) atoms. The van der Waals surface area contributed by atoms with Crippen LogP contribution < -0.4 is 10.2 Å². The van der Waals surface area contributed by atoms with Crippen LogP contribution in [-0.2, 0) is 14.8 Å². The molecule has 4 rings (SSSR count). The van der Waals surface area contributed by atoms with Crippen molar-refractivity contribution >= 4 is 33.4 Å². The summed E-state index contributed by atoms with van der Waals surface area (Å²) in [4.78, 5) is 28.4. The molecule has 3 aliphatic rings. The number of hydrogen-bond donors (Lipinski definition) is 3. The van der Waals surface area contributed by atoms with Gasteiger partial charge in [0.25, 0.3) is 11.8 Å². The predicted octanol–water partition coefficient (Wildman–Crippen LogP) is 2.27. The number of sulfonamides is 1. The molecule has 1 aromatic rings. The molecule has 5 atom stereocenters. The molecule has 1 fully saturated rings. The first kappa shape index (κ1) is 23.0. The maximum Gasteiger partial charge on any atom is 0.254 e. The maximum atomic E-state index is 13.8. The number of benzene rings is 1. The van der Waals surface area contributed by atoms with Gasteiger partial charge in [0.05, 0.1) is 18.2 Å². The highest BCUT2D eigenvalue weighted by atomic mass is 35.5. The highest BCUT2D eigenvalue weighted by molar-refractivity contribution is 7.88. The first-order valence-corrected chi connectivity index (χ1v) is 12.9. The molecule has 3 N–H and O–H groups in total. The summed E-state index contributed by atoms with van der Waals surface area (Å²) in [5.41, 5.74) is 2.66. The van der Waals surface area contributed by atoms with E-state index in [1.807, 2.05) is 6.08 Å². The minimum atomic E-state index is -3.51. The molecule has 1 aliphatic heterocycles. The summed E-state index contributed by atoms with van der Waals surface area (Å²) in [6.45, 7) is 0. The Bertz CT molecular complexity index is 1090. The number of hydroxylamine groups is 1. The number of amides is 2. The molecule has 0 aromatic heterocycles. The fourth-order valence-corrected chi connectivity index (χ4v) is 6.34. The molecule has 2 amide bonds. The zero-order valence-electron chi connectivity index (χ0n) is 17.6. The predicted molar refractivity (Wildman–Crippen MR) is 120 cm³/mol. The Kier molecular flexibility index (Phi) is 6.44. The summed E-state index contributed by atoms with van der Waals surface area (Å²) >= 11 is 6.20. The van der Waals surface area contributed by atoms with Gasteiger partial charge in [-0.15, -0.1) is 0 Å². The van der Waals surface area contributed by atoms with Crippen LogP contribution in [0.1, 0.15) is 47.5 Å². The first-order chi connectivity index (χ1) is 15.2. The average Bonchev–Trinajstić information content (AvgIpc) is 3.18. The highest BCUT2D eigenvalue weighted by Crippen LogP contribution is 2.43. The van der Waals surface area contributed by atoms with E-state index in [1.165, 1.54) is 0 Å². The van der Waals surface area contributed by atoms with Crippen LogP contribution in [0.15, 0.2) is 47.5 Å². The normalized spacial score (nSPS) is 30.1. The van der Waals surface area contributed by atoms with Gasteiger partial charge >= 0.3 is 0 Å². The van der Waals surface area contributed by atoms with Crippen molar-refractivity contribution in [3.63, 3.8) is 0 Å². The third kappa shape index (κ3) is 4.34. The molecule has 0 spiro atoms. The molecule has 1 heterocycles. The Morgan fingerprint density at radius 3 is 2.59 bits per heavy atom. The molecule has 2 aliphatic carbocycles. The van der Waals surface area contributed by atoms with Gasteiger partial charge in [0, 0.05) is 28.6 Å². The molecule has 0 saturated heterocycles. The monoisotopic (exact) mass is 479 g/mol. The summed E-state index contributed by atoms with van der Waals surface area (Å²) < 4.78 is 26.8. The summed E-state index contributed by atoms with van der Waals surface area (Å²) in [5.74, 6) is -2.12. The van der Waals surface area contributed by atoms with Gasteiger partial charge in [-0.2, -0.15) is 0 Å². The van der Waals surface area contributed by atoms with E-state index in [2.05, 4.69) is 4.72 Å². The summed E-state index contributed by atoms with van der Waals surface area (Å²) in [6, 6.07) is 5.25. The van der Waals surface area contributed by atoms with E-state index in [1.54, 1.807) is 46.8 Å². The largest absolute Gasteiger partial charge is 0.329 e. The summed E-state index contributed by atoms with van der Waals surface area (Å²) in [5, 5.41) is 10.0. The van der Waals surface area contributed by atoms with Gasteiger partial charge in [0.2, 0.25) is 10.0 Å². The van der Waals surface area contributed by atoms with E-state index < -0.39 is 40.0 Å². The molecule has 1 saturated carbocycles. The van der Waals surface area contributed by atoms with Crippen LogP contribution in [-0.4, -0.2) is 54.7 Å². The van der Waals surface area contributed by atoms with Crippen molar-refractivity contribution in [2.24, 2.45) is 5.92 Å². The van der Waals surface area contributed by atoms with Crippen molar-refractivity contribution in [1.29, 1.82) is 0 Å². The van der Waals surface area contributed by atoms with Gasteiger partial charge in [0.1, 0.15) is 0 Å². The average molecular weight is 480 g/mol. The number of nitrogens with one attached hydrogen (secondary N) is 2. The molecule has 0 radical (unpaired) electrons. The topological polar surface area (TPSA) is 116 Å². The second kappa shape index (κ2) is 8.97. The minimum Gasteiger partial charge on any atom is -0.329 e. The Morgan fingerprint density at radius 1 is 1.22 bits per heavy atom. The number of nitrogens with zero attached hydrogens (tertiary/aromatic N) is 1. The fraction of sp³-hybridized carbons (Fsp3) is 0.455. The third-order valence-electron chi connectivity index (χ3n) is 6.49. The van der Waals surface area contributed by atoms with Crippen LogP contribution in [0.2, 0.25) is 0 Å². The van der Waals surface area contributed by atoms with E-state index >= 15 is 0 Å². The van der Waals surface area contributed by atoms with E-state index in [4.69, 9.17) is 11.6 Å². The van der Waals surface area contributed by atoms with Crippen LogP contribution in [0.4, 0.5) is 0 Å². The smallest absolute Gasteiger partial charge is 0.254 e. The van der Waals surface area contributed by atoms with Crippen molar-refractivity contribution in [2.45, 2.75) is 49.7 Å². The van der Waals surface area contributed by atoms with Gasteiger partial charge in [0.15, 0.2) is 0 Å². The lowest BCUT2D eigenvalue weighted by molar-refractivity contribution is -0.133. The molecule has 10 heteroatoms. The second-order valence-electron chi connectivity index (χ2n) is 8.58. The van der Waals surface area contributed by atoms with Gasteiger partial charge in [-0.3, -0.25) is 14.8 Å². The lowest BCUT2D eigenvalue weighted by Crippen LogP contribution is -2.63. The lowest BCUT2D eigenvalue weighted by atomic mass is 9.74. The van der Waals surface area contributed by atoms with E-state index in [0.29, 0.717) is 29.0 Å². The third-order valence-corrected chi connectivity index (χ3v) is 7.47.